The Balaban J connectivity index is 1.60. The number of rotatable bonds is 1. The van der Waals surface area contributed by atoms with Gasteiger partial charge in [-0.05, 0) is 57.0 Å². The third kappa shape index (κ3) is 1.33. The molecule has 0 N–H and O–H groups in total. The molecule has 1 atom stereocenters. The monoisotopic (exact) mass is 197 g/mol. The van der Waals surface area contributed by atoms with Crippen molar-refractivity contribution in [1.29, 1.82) is 0 Å². The molecule has 1 heterocycles. The minimum absolute atomic E-state index is 0.675. The molecule has 74 valence electrons. The molecule has 1 saturated heterocycles. The van der Waals surface area contributed by atoms with Crippen molar-refractivity contribution in [2.75, 3.05) is 13.1 Å². The fourth-order valence-corrected chi connectivity index (χ4v) is 3.56. The lowest BCUT2D eigenvalue weighted by Gasteiger charge is -2.52. The van der Waals surface area contributed by atoms with Gasteiger partial charge < -0.3 is 4.90 Å². The second-order valence-corrected chi connectivity index (χ2v) is 5.81. The van der Waals surface area contributed by atoms with Crippen molar-refractivity contribution in [2.45, 2.75) is 49.8 Å². The van der Waals surface area contributed by atoms with Crippen LogP contribution in [0.4, 0.5) is 0 Å². The normalized spacial score (nSPS) is 39.0. The zero-order valence-corrected chi connectivity index (χ0v) is 9.10. The molecule has 13 heavy (non-hydrogen) atoms. The van der Waals surface area contributed by atoms with Crippen LogP contribution in [0.15, 0.2) is 0 Å². The standard InChI is InChI=1S/C11H19NS/c13-10-3-4-11(10)5-7-12(8-6-11)9-1-2-9/h9-10,13H,1-8H2. The quantitative estimate of drug-likeness (QED) is 0.631. The van der Waals surface area contributed by atoms with Gasteiger partial charge in [0.1, 0.15) is 0 Å². The van der Waals surface area contributed by atoms with E-state index in [0.717, 1.165) is 11.3 Å². The summed E-state index contributed by atoms with van der Waals surface area (Å²) in [7, 11) is 0. The number of hydrogen-bond acceptors (Lipinski definition) is 2. The molecule has 0 amide bonds. The van der Waals surface area contributed by atoms with Crippen LogP contribution in [0, 0.1) is 5.41 Å². The molecule has 3 rings (SSSR count). The van der Waals surface area contributed by atoms with Crippen molar-refractivity contribution < 1.29 is 0 Å². The maximum absolute atomic E-state index is 4.69. The van der Waals surface area contributed by atoms with E-state index < -0.39 is 0 Å². The van der Waals surface area contributed by atoms with Crippen LogP contribution in [0.5, 0.6) is 0 Å². The number of thiol groups is 1. The predicted octanol–water partition coefficient (Wildman–Crippen LogP) is 2.32. The van der Waals surface area contributed by atoms with Crippen molar-refractivity contribution in [3.63, 3.8) is 0 Å². The van der Waals surface area contributed by atoms with Gasteiger partial charge in [-0.3, -0.25) is 0 Å². The van der Waals surface area contributed by atoms with Crippen LogP contribution < -0.4 is 0 Å². The summed E-state index contributed by atoms with van der Waals surface area (Å²) < 4.78 is 0. The summed E-state index contributed by atoms with van der Waals surface area (Å²) in [5.74, 6) is 0. The highest BCUT2D eigenvalue weighted by atomic mass is 32.1. The van der Waals surface area contributed by atoms with E-state index in [1.165, 1.54) is 51.6 Å². The summed E-state index contributed by atoms with van der Waals surface area (Å²) in [5.41, 5.74) is 0.675. The van der Waals surface area contributed by atoms with Gasteiger partial charge in [0.25, 0.3) is 0 Å². The minimum atomic E-state index is 0.675. The molecule has 3 fully saturated rings. The molecule has 1 spiro atoms. The van der Waals surface area contributed by atoms with E-state index >= 15 is 0 Å². The first-order valence-corrected chi connectivity index (χ1v) is 6.24. The molecular weight excluding hydrogens is 178 g/mol. The highest BCUT2D eigenvalue weighted by Crippen LogP contribution is 2.52. The Hall–Kier alpha value is 0.310. The van der Waals surface area contributed by atoms with Gasteiger partial charge in [-0.1, -0.05) is 0 Å². The number of likely N-dealkylation sites (tertiary alicyclic amines) is 1. The molecule has 2 saturated carbocycles. The lowest BCUT2D eigenvalue weighted by Crippen LogP contribution is -2.50. The fourth-order valence-electron chi connectivity index (χ4n) is 3.04. The Labute approximate surface area is 86.3 Å². The van der Waals surface area contributed by atoms with E-state index in [4.69, 9.17) is 12.6 Å². The van der Waals surface area contributed by atoms with Crippen molar-refractivity contribution in [2.24, 2.45) is 5.41 Å². The molecule has 1 aliphatic heterocycles. The Morgan fingerprint density at radius 1 is 1.00 bits per heavy atom. The van der Waals surface area contributed by atoms with Gasteiger partial charge in [0.05, 0.1) is 0 Å². The van der Waals surface area contributed by atoms with Crippen molar-refractivity contribution >= 4 is 12.6 Å². The van der Waals surface area contributed by atoms with E-state index in [0.29, 0.717) is 5.41 Å². The van der Waals surface area contributed by atoms with Gasteiger partial charge >= 0.3 is 0 Å². The third-order valence-electron chi connectivity index (χ3n) is 4.48. The minimum Gasteiger partial charge on any atom is -0.300 e. The summed E-state index contributed by atoms with van der Waals surface area (Å²) in [6, 6.07) is 0.982. The van der Waals surface area contributed by atoms with Gasteiger partial charge in [-0.15, -0.1) is 0 Å². The molecule has 0 radical (unpaired) electrons. The fraction of sp³-hybridized carbons (Fsp3) is 1.00. The second kappa shape index (κ2) is 2.90. The number of piperidine rings is 1. The van der Waals surface area contributed by atoms with Gasteiger partial charge in [0.2, 0.25) is 0 Å². The van der Waals surface area contributed by atoms with E-state index in [-0.39, 0.29) is 0 Å². The summed E-state index contributed by atoms with van der Waals surface area (Å²) in [4.78, 5) is 2.71. The average molecular weight is 197 g/mol. The first-order valence-electron chi connectivity index (χ1n) is 5.72. The number of nitrogens with zero attached hydrogens (tertiary/aromatic N) is 1. The van der Waals surface area contributed by atoms with Gasteiger partial charge in [0, 0.05) is 11.3 Å². The smallest absolute Gasteiger partial charge is 0.00964 e. The Morgan fingerprint density at radius 3 is 2.08 bits per heavy atom. The van der Waals surface area contributed by atoms with E-state index in [1.54, 1.807) is 0 Å². The maximum Gasteiger partial charge on any atom is 0.00964 e. The van der Waals surface area contributed by atoms with Crippen LogP contribution in [-0.4, -0.2) is 29.3 Å². The summed E-state index contributed by atoms with van der Waals surface area (Å²) in [5, 5.41) is 0.730. The maximum atomic E-state index is 4.69. The molecule has 0 aromatic carbocycles. The number of hydrogen-bond donors (Lipinski definition) is 1. The molecule has 0 aromatic rings. The van der Waals surface area contributed by atoms with Gasteiger partial charge in [0.15, 0.2) is 0 Å². The third-order valence-corrected chi connectivity index (χ3v) is 5.29. The van der Waals surface area contributed by atoms with E-state index in [2.05, 4.69) is 4.90 Å². The lowest BCUT2D eigenvalue weighted by molar-refractivity contribution is 0.0390. The van der Waals surface area contributed by atoms with Crippen LogP contribution in [-0.2, 0) is 0 Å². The van der Waals surface area contributed by atoms with Crippen LogP contribution in [0.2, 0.25) is 0 Å². The first kappa shape index (κ1) is 8.60. The molecular formula is C11H19NS. The molecule has 3 aliphatic rings. The van der Waals surface area contributed by atoms with Crippen LogP contribution in [0.25, 0.3) is 0 Å². The largest absolute Gasteiger partial charge is 0.300 e. The predicted molar refractivity (Wildman–Crippen MR) is 58.3 cm³/mol. The molecule has 0 aromatic heterocycles. The lowest BCUT2D eigenvalue weighted by atomic mass is 9.62. The van der Waals surface area contributed by atoms with Crippen molar-refractivity contribution in [3.8, 4) is 0 Å². The van der Waals surface area contributed by atoms with Crippen molar-refractivity contribution in [1.82, 2.24) is 4.90 Å². The Bertz CT molecular complexity index is 204. The van der Waals surface area contributed by atoms with E-state index in [1.807, 2.05) is 0 Å². The zero-order chi connectivity index (χ0) is 8.89. The Morgan fingerprint density at radius 2 is 1.69 bits per heavy atom. The molecule has 1 unspecified atom stereocenters. The summed E-state index contributed by atoms with van der Waals surface area (Å²) in [6.07, 6.45) is 8.62. The SMILES string of the molecule is SC1CCC12CCN(C1CC1)CC2. The summed E-state index contributed by atoms with van der Waals surface area (Å²) >= 11 is 4.69. The highest BCUT2D eigenvalue weighted by molar-refractivity contribution is 7.81. The molecule has 1 nitrogen and oxygen atoms in total. The first-order chi connectivity index (χ1) is 6.30. The Kier molecular flexibility index (Phi) is 1.92. The molecule has 2 aliphatic carbocycles. The van der Waals surface area contributed by atoms with Gasteiger partial charge in [-0.25, -0.2) is 0 Å². The highest BCUT2D eigenvalue weighted by Gasteiger charge is 2.47. The van der Waals surface area contributed by atoms with Crippen LogP contribution in [0.3, 0.4) is 0 Å². The zero-order valence-electron chi connectivity index (χ0n) is 8.21. The second-order valence-electron chi connectivity index (χ2n) is 5.18. The van der Waals surface area contributed by atoms with Crippen molar-refractivity contribution in [3.05, 3.63) is 0 Å². The average Bonchev–Trinajstić information content (AvgIpc) is 2.99. The van der Waals surface area contributed by atoms with Crippen LogP contribution in [0.1, 0.15) is 38.5 Å². The van der Waals surface area contributed by atoms with Gasteiger partial charge in [-0.2, -0.15) is 12.6 Å². The molecule has 0 bridgehead atoms. The topological polar surface area (TPSA) is 3.24 Å². The van der Waals surface area contributed by atoms with E-state index in [9.17, 15) is 0 Å². The molecule has 2 heteroatoms. The summed E-state index contributed by atoms with van der Waals surface area (Å²) in [6.45, 7) is 2.73. The van der Waals surface area contributed by atoms with Crippen LogP contribution >= 0.6 is 12.6 Å².